The number of nitrogens with one attached hydrogen (secondary N) is 1. The van der Waals surface area contributed by atoms with Crippen molar-refractivity contribution in [1.82, 2.24) is 15.0 Å². The lowest BCUT2D eigenvalue weighted by Gasteiger charge is -2.31. The number of aromatic nitrogens is 2. The molecule has 0 radical (unpaired) electrons. The van der Waals surface area contributed by atoms with Gasteiger partial charge in [0.25, 0.3) is 0 Å². The van der Waals surface area contributed by atoms with Crippen LogP contribution in [0.25, 0.3) is 0 Å². The van der Waals surface area contributed by atoms with Crippen LogP contribution in [0.2, 0.25) is 5.02 Å². The van der Waals surface area contributed by atoms with Crippen LogP contribution in [0, 0.1) is 6.92 Å². The summed E-state index contributed by atoms with van der Waals surface area (Å²) in [5, 5.41) is 7.22. The second kappa shape index (κ2) is 6.33. The molecule has 22 heavy (non-hydrogen) atoms. The number of rotatable bonds is 2. The Labute approximate surface area is 132 Å². The first-order chi connectivity index (χ1) is 10.6. The molecule has 1 fully saturated rings. The molecule has 0 saturated carbocycles. The van der Waals surface area contributed by atoms with Crippen molar-refractivity contribution >= 4 is 23.3 Å². The number of halogens is 1. The first-order valence-electron chi connectivity index (χ1n) is 6.85. The smallest absolute Gasteiger partial charge is 0.322 e. The predicted molar refractivity (Wildman–Crippen MR) is 79.8 cm³/mol. The Morgan fingerprint density at radius 3 is 3.09 bits per heavy atom. The zero-order chi connectivity index (χ0) is 15.5. The fourth-order valence-corrected chi connectivity index (χ4v) is 2.39. The second-order valence-corrected chi connectivity index (χ2v) is 5.35. The molecule has 0 spiro atoms. The van der Waals surface area contributed by atoms with Gasteiger partial charge in [-0.1, -0.05) is 22.8 Å². The quantitative estimate of drug-likeness (QED) is 0.919. The number of carbonyl (C=O) groups is 1. The fourth-order valence-electron chi connectivity index (χ4n) is 2.20. The number of morpholine rings is 1. The van der Waals surface area contributed by atoms with Gasteiger partial charge in [0.1, 0.15) is 6.10 Å². The van der Waals surface area contributed by atoms with Gasteiger partial charge in [0.15, 0.2) is 0 Å². The van der Waals surface area contributed by atoms with E-state index >= 15 is 0 Å². The molecule has 2 heterocycles. The topological polar surface area (TPSA) is 80.5 Å². The van der Waals surface area contributed by atoms with E-state index in [4.69, 9.17) is 20.9 Å². The van der Waals surface area contributed by atoms with Gasteiger partial charge in [-0.3, -0.25) is 0 Å². The van der Waals surface area contributed by atoms with E-state index in [2.05, 4.69) is 15.5 Å². The maximum Gasteiger partial charge on any atom is 0.322 e. The standard InChI is InChI=1S/C14H15ClN4O3/c1-9-16-13(18-22-9)12-8-19(5-6-21-12)14(20)17-11-4-2-3-10(15)7-11/h2-4,7,12H,5-6,8H2,1H3,(H,17,20). The largest absolute Gasteiger partial charge is 0.366 e. The van der Waals surface area contributed by atoms with Crippen LogP contribution in [-0.2, 0) is 4.74 Å². The zero-order valence-corrected chi connectivity index (χ0v) is 12.7. The summed E-state index contributed by atoms with van der Waals surface area (Å²) in [6, 6.07) is 6.79. The Balaban J connectivity index is 1.65. The molecule has 1 aromatic carbocycles. The maximum atomic E-state index is 12.3. The summed E-state index contributed by atoms with van der Waals surface area (Å²) in [6.07, 6.45) is -0.378. The van der Waals surface area contributed by atoms with Crippen molar-refractivity contribution in [3.63, 3.8) is 0 Å². The molecule has 1 aliphatic rings. The lowest BCUT2D eigenvalue weighted by molar-refractivity contribution is -0.0190. The van der Waals surface area contributed by atoms with Gasteiger partial charge in [-0.25, -0.2) is 4.79 Å². The van der Waals surface area contributed by atoms with Crippen molar-refractivity contribution < 1.29 is 14.1 Å². The number of aryl methyl sites for hydroxylation is 1. The summed E-state index contributed by atoms with van der Waals surface area (Å²) in [5.74, 6) is 0.928. The monoisotopic (exact) mass is 322 g/mol. The van der Waals surface area contributed by atoms with Crippen molar-refractivity contribution in [2.45, 2.75) is 13.0 Å². The number of benzene rings is 1. The normalized spacial score (nSPS) is 18.3. The summed E-state index contributed by atoms with van der Waals surface area (Å²) in [6.45, 7) is 3.00. The van der Waals surface area contributed by atoms with Crippen molar-refractivity contribution in [1.29, 1.82) is 0 Å². The van der Waals surface area contributed by atoms with Gasteiger partial charge in [0.2, 0.25) is 11.7 Å². The molecule has 0 bridgehead atoms. The highest BCUT2D eigenvalue weighted by atomic mass is 35.5. The average molecular weight is 323 g/mol. The summed E-state index contributed by atoms with van der Waals surface area (Å²) >= 11 is 5.91. The summed E-state index contributed by atoms with van der Waals surface area (Å²) in [7, 11) is 0. The Kier molecular flexibility index (Phi) is 4.26. The van der Waals surface area contributed by atoms with Crippen molar-refractivity contribution in [3.8, 4) is 0 Å². The van der Waals surface area contributed by atoms with Gasteiger partial charge in [0, 0.05) is 24.2 Å². The van der Waals surface area contributed by atoms with E-state index in [0.29, 0.717) is 42.1 Å². The molecule has 1 atom stereocenters. The molecule has 2 aromatic rings. The van der Waals surface area contributed by atoms with Crippen molar-refractivity contribution in [2.75, 3.05) is 25.0 Å². The van der Waals surface area contributed by atoms with E-state index in [1.165, 1.54) is 0 Å². The average Bonchev–Trinajstić information content (AvgIpc) is 2.94. The van der Waals surface area contributed by atoms with Crippen LogP contribution < -0.4 is 5.32 Å². The predicted octanol–water partition coefficient (Wildman–Crippen LogP) is 2.64. The lowest BCUT2D eigenvalue weighted by atomic mass is 10.2. The molecular formula is C14H15ClN4O3. The minimum absolute atomic E-state index is 0.212. The van der Waals surface area contributed by atoms with Gasteiger partial charge < -0.3 is 19.5 Å². The highest BCUT2D eigenvalue weighted by molar-refractivity contribution is 6.30. The third-order valence-corrected chi connectivity index (χ3v) is 3.50. The molecule has 1 N–H and O–H groups in total. The van der Waals surface area contributed by atoms with Gasteiger partial charge in [-0.2, -0.15) is 4.98 Å². The van der Waals surface area contributed by atoms with Gasteiger partial charge >= 0.3 is 6.03 Å². The van der Waals surface area contributed by atoms with Crippen LogP contribution in [0.4, 0.5) is 10.5 Å². The molecule has 116 valence electrons. The van der Waals surface area contributed by atoms with Crippen LogP contribution in [-0.4, -0.2) is 40.8 Å². The minimum Gasteiger partial charge on any atom is -0.366 e. The zero-order valence-electron chi connectivity index (χ0n) is 12.0. The van der Waals surface area contributed by atoms with E-state index in [0.717, 1.165) is 0 Å². The molecule has 1 unspecified atom stereocenters. The van der Waals surface area contributed by atoms with Crippen LogP contribution in [0.15, 0.2) is 28.8 Å². The van der Waals surface area contributed by atoms with Gasteiger partial charge in [-0.05, 0) is 18.2 Å². The Hall–Kier alpha value is -2.12. The Bertz CT molecular complexity index is 676. The molecular weight excluding hydrogens is 308 g/mol. The number of amides is 2. The van der Waals surface area contributed by atoms with E-state index < -0.39 is 0 Å². The molecule has 3 rings (SSSR count). The molecule has 1 aliphatic heterocycles. The molecule has 1 aromatic heterocycles. The molecule has 0 aliphatic carbocycles. The van der Waals surface area contributed by atoms with Crippen LogP contribution >= 0.6 is 11.6 Å². The molecule has 2 amide bonds. The van der Waals surface area contributed by atoms with E-state index in [-0.39, 0.29) is 12.1 Å². The van der Waals surface area contributed by atoms with Crippen molar-refractivity contribution in [3.05, 3.63) is 41.0 Å². The number of urea groups is 1. The van der Waals surface area contributed by atoms with Gasteiger partial charge in [0.05, 0.1) is 13.2 Å². The highest BCUT2D eigenvalue weighted by Gasteiger charge is 2.28. The van der Waals surface area contributed by atoms with Crippen LogP contribution in [0.3, 0.4) is 0 Å². The van der Waals surface area contributed by atoms with E-state index in [1.54, 1.807) is 36.1 Å². The first kappa shape index (κ1) is 14.8. The molecule has 7 nitrogen and oxygen atoms in total. The number of hydrogen-bond acceptors (Lipinski definition) is 5. The lowest BCUT2D eigenvalue weighted by Crippen LogP contribution is -2.44. The Morgan fingerprint density at radius 2 is 2.36 bits per heavy atom. The van der Waals surface area contributed by atoms with Crippen LogP contribution in [0.5, 0.6) is 0 Å². The summed E-state index contributed by atoms with van der Waals surface area (Å²) in [4.78, 5) is 18.1. The Morgan fingerprint density at radius 1 is 1.50 bits per heavy atom. The third kappa shape index (κ3) is 3.37. The summed E-state index contributed by atoms with van der Waals surface area (Å²) in [5.41, 5.74) is 0.649. The SMILES string of the molecule is Cc1nc(C2CN(C(=O)Nc3cccc(Cl)c3)CCO2)no1. The van der Waals surface area contributed by atoms with E-state index in [1.807, 2.05) is 0 Å². The maximum absolute atomic E-state index is 12.3. The number of anilines is 1. The van der Waals surface area contributed by atoms with Gasteiger partial charge in [-0.15, -0.1) is 0 Å². The minimum atomic E-state index is -0.378. The fraction of sp³-hybridized carbons (Fsp3) is 0.357. The number of carbonyl (C=O) groups excluding carboxylic acids is 1. The number of nitrogens with zero attached hydrogens (tertiary/aromatic N) is 3. The molecule has 8 heteroatoms. The number of ether oxygens (including phenoxy) is 1. The summed E-state index contributed by atoms with van der Waals surface area (Å²) < 4.78 is 10.5. The second-order valence-electron chi connectivity index (χ2n) is 4.92. The third-order valence-electron chi connectivity index (χ3n) is 3.26. The highest BCUT2D eigenvalue weighted by Crippen LogP contribution is 2.21. The van der Waals surface area contributed by atoms with Crippen molar-refractivity contribution in [2.24, 2.45) is 0 Å². The number of hydrogen-bond donors (Lipinski definition) is 1. The molecule has 1 saturated heterocycles. The first-order valence-corrected chi connectivity index (χ1v) is 7.23. The van der Waals surface area contributed by atoms with Crippen LogP contribution in [0.1, 0.15) is 17.8 Å². The van der Waals surface area contributed by atoms with E-state index in [9.17, 15) is 4.79 Å².